The number of hydroxylamine groups is 1. The number of thiophene rings is 1. The molecule has 4 amide bonds. The first kappa shape index (κ1) is 38.0. The lowest BCUT2D eigenvalue weighted by Crippen LogP contribution is -2.56. The molecule has 4 aliphatic rings. The van der Waals surface area contributed by atoms with Gasteiger partial charge in [0.25, 0.3) is 5.91 Å². The predicted octanol–water partition coefficient (Wildman–Crippen LogP) is 5.60. The molecule has 2 aliphatic heterocycles. The standard InChI is InChI=1S/C41H48ClN5O6S/c1-2-9-31(37(49)39(51)43-29-16-17-29)45-38(50)34-22-41(21-33(46-53-41)26-12-8-13-28(42)19-26)24-47(34)40(52)32(44-36(48)18-25-10-4-3-5-11-25)20-27-23-54-35-15-7-6-14-30(27)35/h6-8,12-15,19,21,23,25,29,31-32,34,46H,2-5,9-11,16-18,20,22,24H2,1H3,(H,43,51)(H,44,48)(H,45,50)/t31-,32-,34-,41+/m0/s1. The lowest BCUT2D eigenvalue weighted by atomic mass is 9.86. The molecule has 1 spiro atoms. The average Bonchev–Trinajstić information content (AvgIpc) is 3.56. The summed E-state index contributed by atoms with van der Waals surface area (Å²) in [5, 5.41) is 12.2. The second-order valence-corrected chi connectivity index (χ2v) is 16.6. The number of amides is 4. The van der Waals surface area contributed by atoms with Crippen molar-refractivity contribution in [3.63, 3.8) is 0 Å². The van der Waals surface area contributed by atoms with Gasteiger partial charge in [-0.05, 0) is 78.6 Å². The van der Waals surface area contributed by atoms with Crippen LogP contribution in [0.2, 0.25) is 5.02 Å². The van der Waals surface area contributed by atoms with E-state index >= 15 is 0 Å². The number of nitrogens with zero attached hydrogens (tertiary/aromatic N) is 1. The van der Waals surface area contributed by atoms with Crippen LogP contribution in [0, 0.1) is 5.92 Å². The van der Waals surface area contributed by atoms with Gasteiger partial charge in [0.2, 0.25) is 23.5 Å². The molecule has 4 atom stereocenters. The van der Waals surface area contributed by atoms with Crippen molar-refractivity contribution < 1.29 is 28.8 Å². The molecular formula is C41H48ClN5O6S. The summed E-state index contributed by atoms with van der Waals surface area (Å²) in [5.74, 6) is -2.32. The van der Waals surface area contributed by atoms with E-state index < -0.39 is 47.2 Å². The van der Waals surface area contributed by atoms with E-state index in [-0.39, 0.29) is 43.7 Å². The third-order valence-electron chi connectivity index (χ3n) is 11.0. The monoisotopic (exact) mass is 773 g/mol. The van der Waals surface area contributed by atoms with Crippen LogP contribution in [0.5, 0.6) is 0 Å². The highest BCUT2D eigenvalue weighted by Crippen LogP contribution is 2.39. The highest BCUT2D eigenvalue weighted by atomic mass is 35.5. The minimum Gasteiger partial charge on any atom is -0.347 e. The molecule has 1 saturated heterocycles. The van der Waals surface area contributed by atoms with Gasteiger partial charge < -0.3 is 20.9 Å². The van der Waals surface area contributed by atoms with Gasteiger partial charge in [-0.15, -0.1) is 11.3 Å². The molecule has 13 heteroatoms. The zero-order chi connectivity index (χ0) is 37.8. The van der Waals surface area contributed by atoms with E-state index in [1.54, 1.807) is 23.5 Å². The first-order valence-electron chi connectivity index (χ1n) is 19.2. The summed E-state index contributed by atoms with van der Waals surface area (Å²) < 4.78 is 1.08. The summed E-state index contributed by atoms with van der Waals surface area (Å²) in [7, 11) is 0. The number of carbonyl (C=O) groups is 5. The Morgan fingerprint density at radius 2 is 1.80 bits per heavy atom. The van der Waals surface area contributed by atoms with Gasteiger partial charge in [0.15, 0.2) is 0 Å². The van der Waals surface area contributed by atoms with Gasteiger partial charge in [-0.3, -0.25) is 34.3 Å². The number of rotatable bonds is 14. The topological polar surface area (TPSA) is 146 Å². The molecule has 3 fully saturated rings. The highest BCUT2D eigenvalue weighted by Gasteiger charge is 2.53. The number of benzene rings is 2. The molecule has 2 aliphatic carbocycles. The third kappa shape index (κ3) is 8.82. The van der Waals surface area contributed by atoms with Gasteiger partial charge in [-0.2, -0.15) is 0 Å². The Morgan fingerprint density at radius 1 is 1.00 bits per heavy atom. The average molecular weight is 774 g/mol. The molecule has 2 aromatic carbocycles. The number of fused-ring (bicyclic) bond motifs is 1. The van der Waals surface area contributed by atoms with E-state index in [9.17, 15) is 24.0 Å². The largest absolute Gasteiger partial charge is 0.347 e. The number of nitrogens with one attached hydrogen (secondary N) is 4. The van der Waals surface area contributed by atoms with E-state index in [1.165, 1.54) is 11.3 Å². The smallest absolute Gasteiger partial charge is 0.289 e. The number of hydrogen-bond acceptors (Lipinski definition) is 8. The lowest BCUT2D eigenvalue weighted by Gasteiger charge is -2.30. The summed E-state index contributed by atoms with van der Waals surface area (Å²) in [5.41, 5.74) is 4.24. The van der Waals surface area contributed by atoms with Crippen molar-refractivity contribution in [3.05, 3.63) is 76.1 Å². The number of likely N-dealkylation sites (tertiary alicyclic amines) is 1. The maximum Gasteiger partial charge on any atom is 0.289 e. The van der Waals surface area contributed by atoms with Crippen molar-refractivity contribution in [3.8, 4) is 0 Å². The minimum atomic E-state index is -1.10. The Bertz CT molecular complexity index is 1940. The SMILES string of the molecule is CCC[C@H](NC(=O)[C@@H]1C[C@]2(C=C(c3cccc(Cl)c3)NO2)CN1C(=O)[C@H](Cc1csc2ccccc12)NC(=O)CC1CCCCC1)C(=O)C(=O)NC1CC1. The van der Waals surface area contributed by atoms with Crippen molar-refractivity contribution in [1.82, 2.24) is 26.3 Å². The Kier molecular flexibility index (Phi) is 11.7. The normalized spacial score (nSPS) is 22.4. The molecule has 11 nitrogen and oxygen atoms in total. The van der Waals surface area contributed by atoms with Crippen LogP contribution in [-0.4, -0.2) is 70.6 Å². The summed E-state index contributed by atoms with van der Waals surface area (Å²) in [4.78, 5) is 76.8. The fraction of sp³-hybridized carbons (Fsp3) is 0.488. The maximum atomic E-state index is 15.0. The molecule has 7 rings (SSSR count). The first-order chi connectivity index (χ1) is 26.1. The molecule has 1 aromatic heterocycles. The first-order valence-corrected chi connectivity index (χ1v) is 20.5. The maximum absolute atomic E-state index is 15.0. The van der Waals surface area contributed by atoms with Gasteiger partial charge in [-0.1, -0.05) is 74.5 Å². The van der Waals surface area contributed by atoms with Gasteiger partial charge >= 0.3 is 0 Å². The van der Waals surface area contributed by atoms with E-state index in [2.05, 4.69) is 21.4 Å². The molecule has 3 aromatic rings. The van der Waals surface area contributed by atoms with E-state index in [0.717, 1.165) is 59.7 Å². The molecule has 4 N–H and O–H groups in total. The molecule has 0 unspecified atom stereocenters. The third-order valence-corrected chi connectivity index (χ3v) is 12.3. The quantitative estimate of drug-likeness (QED) is 0.156. The van der Waals surface area contributed by atoms with Crippen molar-refractivity contribution >= 4 is 68.1 Å². The molecule has 0 radical (unpaired) electrons. The van der Waals surface area contributed by atoms with Crippen molar-refractivity contribution in [2.75, 3.05) is 6.54 Å². The van der Waals surface area contributed by atoms with Crippen LogP contribution in [0.1, 0.15) is 88.7 Å². The number of ketones is 1. The number of carbonyl (C=O) groups excluding carboxylic acids is 5. The fourth-order valence-electron chi connectivity index (χ4n) is 8.01. The van der Waals surface area contributed by atoms with Crippen molar-refractivity contribution in [2.24, 2.45) is 5.92 Å². The number of Topliss-reactive ketones (excluding diaryl/α,β-unsaturated/α-hetero) is 1. The van der Waals surface area contributed by atoms with Crippen LogP contribution >= 0.6 is 22.9 Å². The van der Waals surface area contributed by atoms with Crippen LogP contribution in [0.15, 0.2) is 60.0 Å². The summed E-state index contributed by atoms with van der Waals surface area (Å²) in [6.45, 7) is 1.88. The zero-order valence-corrected chi connectivity index (χ0v) is 32.1. The highest BCUT2D eigenvalue weighted by molar-refractivity contribution is 7.17. The molecule has 286 valence electrons. The second-order valence-electron chi connectivity index (χ2n) is 15.3. The minimum absolute atomic E-state index is 0.00885. The number of hydrogen-bond donors (Lipinski definition) is 4. The lowest BCUT2D eigenvalue weighted by molar-refractivity contribution is -0.143. The fourth-order valence-corrected chi connectivity index (χ4v) is 9.17. The van der Waals surface area contributed by atoms with E-state index in [1.807, 2.05) is 54.8 Å². The Morgan fingerprint density at radius 3 is 2.56 bits per heavy atom. The van der Waals surface area contributed by atoms with Crippen LogP contribution < -0.4 is 21.4 Å². The van der Waals surface area contributed by atoms with Gasteiger partial charge in [0, 0.05) is 40.6 Å². The molecular weight excluding hydrogens is 726 g/mol. The second kappa shape index (κ2) is 16.6. The molecule has 54 heavy (non-hydrogen) atoms. The van der Waals surface area contributed by atoms with Crippen molar-refractivity contribution in [1.29, 1.82) is 0 Å². The van der Waals surface area contributed by atoms with Crippen LogP contribution in [0.3, 0.4) is 0 Å². The van der Waals surface area contributed by atoms with Crippen LogP contribution in [0.25, 0.3) is 15.8 Å². The van der Waals surface area contributed by atoms with Gasteiger partial charge in [0.05, 0.1) is 18.3 Å². The van der Waals surface area contributed by atoms with E-state index in [0.29, 0.717) is 23.6 Å². The molecule has 2 saturated carbocycles. The van der Waals surface area contributed by atoms with Gasteiger partial charge in [-0.25, -0.2) is 0 Å². The number of halogens is 1. The van der Waals surface area contributed by atoms with Crippen molar-refractivity contribution in [2.45, 2.75) is 114 Å². The van der Waals surface area contributed by atoms with Gasteiger partial charge in [0.1, 0.15) is 17.7 Å². The molecule has 0 bridgehead atoms. The summed E-state index contributed by atoms with van der Waals surface area (Å²) in [6.07, 6.45) is 10.3. The predicted molar refractivity (Wildman–Crippen MR) is 208 cm³/mol. The Balaban J connectivity index is 1.19. The van der Waals surface area contributed by atoms with E-state index in [4.69, 9.17) is 16.4 Å². The summed E-state index contributed by atoms with van der Waals surface area (Å²) >= 11 is 7.88. The molecule has 3 heterocycles. The Hall–Kier alpha value is -4.26. The zero-order valence-electron chi connectivity index (χ0n) is 30.5. The van der Waals surface area contributed by atoms with Crippen LogP contribution in [-0.2, 0) is 35.2 Å². The van der Waals surface area contributed by atoms with Crippen LogP contribution in [0.4, 0.5) is 0 Å². The summed E-state index contributed by atoms with van der Waals surface area (Å²) in [6, 6.07) is 12.1. The Labute approximate surface area is 324 Å².